The van der Waals surface area contributed by atoms with Crippen molar-refractivity contribution in [1.82, 2.24) is 9.21 Å². The average Bonchev–Trinajstić information content (AvgIpc) is 3.17. The van der Waals surface area contributed by atoms with Crippen molar-refractivity contribution in [2.24, 2.45) is 0 Å². The molecule has 6 heteroatoms. The summed E-state index contributed by atoms with van der Waals surface area (Å²) in [7, 11) is -3.40. The van der Waals surface area contributed by atoms with Crippen molar-refractivity contribution in [3.63, 3.8) is 0 Å². The highest BCUT2D eigenvalue weighted by Gasteiger charge is 2.33. The fraction of sp³-hybridized carbons (Fsp3) is 0.444. The van der Waals surface area contributed by atoms with Crippen LogP contribution in [0.1, 0.15) is 24.0 Å². The second-order valence-corrected chi connectivity index (χ2v) is 8.52. The standard InChI is InChI=1S/C18H22N2O3S/c21-24(22,18-8-12-23-14-18)20-10-6-17(7-11-20)19-9-5-15-3-1-2-4-16(15)13-19/h1-4,8,12,14,17H,5-7,9-11,13H2. The van der Waals surface area contributed by atoms with Crippen LogP contribution in [0.15, 0.2) is 52.2 Å². The largest absolute Gasteiger partial charge is 0.471 e. The van der Waals surface area contributed by atoms with Crippen LogP contribution in [-0.4, -0.2) is 43.3 Å². The van der Waals surface area contributed by atoms with Crippen molar-refractivity contribution in [2.75, 3.05) is 19.6 Å². The first-order valence-corrected chi connectivity index (χ1v) is 9.92. The van der Waals surface area contributed by atoms with Gasteiger partial charge in [0.1, 0.15) is 11.2 Å². The molecule has 0 amide bonds. The topological polar surface area (TPSA) is 53.8 Å². The van der Waals surface area contributed by atoms with Gasteiger partial charge in [-0.25, -0.2) is 8.42 Å². The molecule has 4 rings (SSSR count). The van der Waals surface area contributed by atoms with Crippen LogP contribution < -0.4 is 0 Å². The maximum absolute atomic E-state index is 12.5. The van der Waals surface area contributed by atoms with Crippen LogP contribution in [0.5, 0.6) is 0 Å². The molecule has 128 valence electrons. The van der Waals surface area contributed by atoms with Gasteiger partial charge in [0.05, 0.1) is 6.26 Å². The van der Waals surface area contributed by atoms with Gasteiger partial charge in [0, 0.05) is 32.2 Å². The minimum absolute atomic E-state index is 0.257. The Morgan fingerprint density at radius 2 is 1.75 bits per heavy atom. The Hall–Kier alpha value is -1.63. The second-order valence-electron chi connectivity index (χ2n) is 6.58. The van der Waals surface area contributed by atoms with Crippen molar-refractivity contribution in [3.05, 3.63) is 54.0 Å². The third-order valence-electron chi connectivity index (χ3n) is 5.23. The monoisotopic (exact) mass is 346 g/mol. The van der Waals surface area contributed by atoms with Gasteiger partial charge in [0.15, 0.2) is 0 Å². The smallest absolute Gasteiger partial charge is 0.246 e. The van der Waals surface area contributed by atoms with Gasteiger partial charge in [-0.05, 0) is 36.5 Å². The van der Waals surface area contributed by atoms with Crippen molar-refractivity contribution < 1.29 is 12.8 Å². The van der Waals surface area contributed by atoms with E-state index in [1.165, 1.54) is 29.7 Å². The number of benzene rings is 1. The fourth-order valence-corrected chi connectivity index (χ4v) is 5.22. The summed E-state index contributed by atoms with van der Waals surface area (Å²) < 4.78 is 31.6. The minimum Gasteiger partial charge on any atom is -0.471 e. The summed E-state index contributed by atoms with van der Waals surface area (Å²) in [5, 5.41) is 0. The van der Waals surface area contributed by atoms with E-state index in [-0.39, 0.29) is 4.90 Å². The number of hydrogen-bond donors (Lipinski definition) is 0. The van der Waals surface area contributed by atoms with Gasteiger partial charge in [-0.15, -0.1) is 0 Å². The summed E-state index contributed by atoms with van der Waals surface area (Å²) in [6.45, 7) is 3.21. The summed E-state index contributed by atoms with van der Waals surface area (Å²) in [5.74, 6) is 0. The lowest BCUT2D eigenvalue weighted by Crippen LogP contribution is -2.47. The molecular weight excluding hydrogens is 324 g/mol. The van der Waals surface area contributed by atoms with E-state index in [0.29, 0.717) is 19.1 Å². The number of nitrogens with zero attached hydrogens (tertiary/aromatic N) is 2. The van der Waals surface area contributed by atoms with Gasteiger partial charge in [-0.3, -0.25) is 4.90 Å². The van der Waals surface area contributed by atoms with Gasteiger partial charge >= 0.3 is 0 Å². The number of piperidine rings is 1. The molecule has 1 aromatic carbocycles. The molecule has 1 aromatic heterocycles. The Labute approximate surface area is 142 Å². The lowest BCUT2D eigenvalue weighted by molar-refractivity contribution is 0.126. The molecular formula is C18H22N2O3S. The first-order valence-electron chi connectivity index (χ1n) is 8.48. The van der Waals surface area contributed by atoms with E-state index in [4.69, 9.17) is 4.42 Å². The van der Waals surface area contributed by atoms with Gasteiger partial charge in [0.2, 0.25) is 10.0 Å². The first-order chi connectivity index (χ1) is 11.6. The zero-order valence-electron chi connectivity index (χ0n) is 13.6. The molecule has 0 atom stereocenters. The summed E-state index contributed by atoms with van der Waals surface area (Å²) in [6.07, 6.45) is 5.58. The Bertz CT molecular complexity index is 793. The Morgan fingerprint density at radius 1 is 1.00 bits per heavy atom. The van der Waals surface area contributed by atoms with Crippen LogP contribution in [0.4, 0.5) is 0 Å². The third-order valence-corrected chi connectivity index (χ3v) is 7.11. The molecule has 1 fully saturated rings. The molecule has 2 aliphatic rings. The van der Waals surface area contributed by atoms with Crippen LogP contribution >= 0.6 is 0 Å². The number of rotatable bonds is 3. The van der Waals surface area contributed by atoms with E-state index < -0.39 is 10.0 Å². The van der Waals surface area contributed by atoms with Gasteiger partial charge in [-0.2, -0.15) is 4.31 Å². The van der Waals surface area contributed by atoms with Crippen molar-refractivity contribution in [1.29, 1.82) is 0 Å². The molecule has 2 aliphatic heterocycles. The van der Waals surface area contributed by atoms with Crippen LogP contribution in [0.3, 0.4) is 0 Å². The van der Waals surface area contributed by atoms with Gasteiger partial charge < -0.3 is 4.42 Å². The highest BCUT2D eigenvalue weighted by atomic mass is 32.2. The number of fused-ring (bicyclic) bond motifs is 1. The fourth-order valence-electron chi connectivity index (χ4n) is 3.82. The molecule has 3 heterocycles. The van der Waals surface area contributed by atoms with Crippen LogP contribution in [0, 0.1) is 0 Å². The summed E-state index contributed by atoms with van der Waals surface area (Å²) in [6, 6.07) is 10.6. The lowest BCUT2D eigenvalue weighted by atomic mass is 9.96. The van der Waals surface area contributed by atoms with Crippen molar-refractivity contribution in [3.8, 4) is 0 Å². The van der Waals surface area contributed by atoms with E-state index in [1.54, 1.807) is 4.31 Å². The van der Waals surface area contributed by atoms with Gasteiger partial charge in [-0.1, -0.05) is 24.3 Å². The molecule has 0 N–H and O–H groups in total. The normalized spacial score (nSPS) is 20.8. The quantitative estimate of drug-likeness (QED) is 0.857. The Morgan fingerprint density at radius 3 is 2.46 bits per heavy atom. The first kappa shape index (κ1) is 15.9. The zero-order valence-corrected chi connectivity index (χ0v) is 14.4. The summed E-state index contributed by atoms with van der Waals surface area (Å²) in [5.41, 5.74) is 2.87. The molecule has 0 unspecified atom stereocenters. The molecule has 0 aliphatic carbocycles. The maximum atomic E-state index is 12.5. The minimum atomic E-state index is -3.40. The highest BCUT2D eigenvalue weighted by molar-refractivity contribution is 7.89. The van der Waals surface area contributed by atoms with E-state index in [2.05, 4.69) is 29.2 Å². The third kappa shape index (κ3) is 2.90. The van der Waals surface area contributed by atoms with E-state index in [0.717, 1.165) is 32.4 Å². The van der Waals surface area contributed by atoms with Crippen molar-refractivity contribution >= 4 is 10.0 Å². The van der Waals surface area contributed by atoms with Crippen LogP contribution in [0.2, 0.25) is 0 Å². The highest BCUT2D eigenvalue weighted by Crippen LogP contribution is 2.27. The lowest BCUT2D eigenvalue weighted by Gasteiger charge is -2.40. The number of sulfonamides is 1. The molecule has 5 nitrogen and oxygen atoms in total. The molecule has 1 saturated heterocycles. The molecule has 0 saturated carbocycles. The number of furan rings is 1. The number of hydrogen-bond acceptors (Lipinski definition) is 4. The Kier molecular flexibility index (Phi) is 4.20. The SMILES string of the molecule is O=S(=O)(c1ccoc1)N1CCC(N2CCc3ccccc3C2)CC1. The van der Waals surface area contributed by atoms with E-state index >= 15 is 0 Å². The van der Waals surface area contributed by atoms with E-state index in [9.17, 15) is 8.42 Å². The zero-order chi connectivity index (χ0) is 16.6. The molecule has 0 spiro atoms. The van der Waals surface area contributed by atoms with E-state index in [1.807, 2.05) is 0 Å². The molecule has 24 heavy (non-hydrogen) atoms. The Balaban J connectivity index is 1.40. The van der Waals surface area contributed by atoms with Crippen LogP contribution in [-0.2, 0) is 23.0 Å². The van der Waals surface area contributed by atoms with Crippen molar-refractivity contribution in [2.45, 2.75) is 36.7 Å². The molecule has 2 aromatic rings. The average molecular weight is 346 g/mol. The van der Waals surface area contributed by atoms with Gasteiger partial charge in [0.25, 0.3) is 0 Å². The molecule has 0 radical (unpaired) electrons. The molecule has 0 bridgehead atoms. The second kappa shape index (κ2) is 6.35. The predicted octanol–water partition coefficient (Wildman–Crippen LogP) is 2.49. The summed E-state index contributed by atoms with van der Waals surface area (Å²) >= 11 is 0. The maximum Gasteiger partial charge on any atom is 0.246 e. The summed E-state index contributed by atoms with van der Waals surface area (Å²) in [4.78, 5) is 2.78. The van der Waals surface area contributed by atoms with Crippen LogP contribution in [0.25, 0.3) is 0 Å². The predicted molar refractivity (Wildman–Crippen MR) is 91.0 cm³/mol.